The highest BCUT2D eigenvalue weighted by Gasteiger charge is 2.23. The molecule has 6 heteroatoms. The van der Waals surface area contributed by atoms with Crippen molar-refractivity contribution in [2.45, 2.75) is 12.2 Å². The molecule has 3 aromatic carbocycles. The largest absolute Gasteiger partial charge is 0.491 e. The lowest BCUT2D eigenvalue weighted by Gasteiger charge is -2.07. The van der Waals surface area contributed by atoms with E-state index in [0.29, 0.717) is 47.0 Å². The van der Waals surface area contributed by atoms with E-state index in [2.05, 4.69) is 0 Å². The second kappa shape index (κ2) is 8.94. The van der Waals surface area contributed by atoms with Crippen LogP contribution in [0.3, 0.4) is 0 Å². The second-order valence-corrected chi connectivity index (χ2v) is 7.82. The predicted octanol–water partition coefficient (Wildman–Crippen LogP) is 3.70. The van der Waals surface area contributed by atoms with Gasteiger partial charge in [0.1, 0.15) is 36.9 Å². The zero-order valence-electron chi connectivity index (χ0n) is 17.4. The normalized spacial score (nSPS) is 18.6. The maximum Gasteiger partial charge on any atom is 0.193 e. The Morgan fingerprint density at radius 2 is 0.875 bits per heavy atom. The van der Waals surface area contributed by atoms with Crippen molar-refractivity contribution in [3.8, 4) is 11.5 Å². The zero-order chi connectivity index (χ0) is 21.9. The summed E-state index contributed by atoms with van der Waals surface area (Å²) >= 11 is 0. The maximum atomic E-state index is 12.8. The average molecular weight is 430 g/mol. The highest BCUT2D eigenvalue weighted by molar-refractivity contribution is 6.11. The average Bonchev–Trinajstić information content (AvgIpc) is 3.77. The van der Waals surface area contributed by atoms with E-state index in [4.69, 9.17) is 18.9 Å². The number of hydrogen-bond acceptors (Lipinski definition) is 6. The van der Waals surface area contributed by atoms with Crippen molar-refractivity contribution < 1.29 is 28.5 Å². The molecule has 0 radical (unpaired) electrons. The van der Waals surface area contributed by atoms with Crippen LogP contribution < -0.4 is 9.47 Å². The molecule has 0 aliphatic carbocycles. The summed E-state index contributed by atoms with van der Waals surface area (Å²) in [5.41, 5.74) is 2.16. The Kier molecular flexibility index (Phi) is 5.71. The topological polar surface area (TPSA) is 77.7 Å². The van der Waals surface area contributed by atoms with E-state index in [1.54, 1.807) is 72.8 Å². The van der Waals surface area contributed by atoms with Crippen LogP contribution in [-0.4, -0.2) is 50.2 Å². The van der Waals surface area contributed by atoms with E-state index in [-0.39, 0.29) is 23.8 Å². The Labute approximate surface area is 185 Å². The molecule has 162 valence electrons. The highest BCUT2D eigenvalue weighted by atomic mass is 16.6. The van der Waals surface area contributed by atoms with Crippen LogP contribution in [0.5, 0.6) is 11.5 Å². The Balaban J connectivity index is 1.20. The standard InChI is InChI=1S/C26H22O6/c27-25(19-5-9-21(10-6-19)29-13-23-15-31-23)17-1-2-18(4-3-17)26(28)20-7-11-22(12-8-20)30-14-24-16-32-24/h1-12,23-24H,13-16H2. The highest BCUT2D eigenvalue weighted by Crippen LogP contribution is 2.20. The van der Waals surface area contributed by atoms with Crippen molar-refractivity contribution >= 4 is 11.6 Å². The quantitative estimate of drug-likeness (QED) is 0.361. The van der Waals surface area contributed by atoms with Gasteiger partial charge in [-0.2, -0.15) is 0 Å². The van der Waals surface area contributed by atoms with Crippen LogP contribution in [0.4, 0.5) is 0 Å². The summed E-state index contributed by atoms with van der Waals surface area (Å²) in [5, 5.41) is 0. The molecule has 0 spiro atoms. The van der Waals surface area contributed by atoms with Gasteiger partial charge in [-0.05, 0) is 48.5 Å². The molecular weight excluding hydrogens is 408 g/mol. The van der Waals surface area contributed by atoms with Crippen molar-refractivity contribution in [1.82, 2.24) is 0 Å². The molecule has 0 saturated carbocycles. The van der Waals surface area contributed by atoms with Crippen molar-refractivity contribution in [3.63, 3.8) is 0 Å². The predicted molar refractivity (Wildman–Crippen MR) is 117 cm³/mol. The molecule has 2 fully saturated rings. The van der Waals surface area contributed by atoms with E-state index < -0.39 is 0 Å². The van der Waals surface area contributed by atoms with Crippen LogP contribution >= 0.6 is 0 Å². The van der Waals surface area contributed by atoms with Gasteiger partial charge in [-0.3, -0.25) is 9.59 Å². The smallest absolute Gasteiger partial charge is 0.193 e. The summed E-state index contributed by atoms with van der Waals surface area (Å²) in [6, 6.07) is 20.8. The number of ketones is 2. The Morgan fingerprint density at radius 3 is 1.16 bits per heavy atom. The van der Waals surface area contributed by atoms with Gasteiger partial charge in [-0.25, -0.2) is 0 Å². The Bertz CT molecular complexity index is 1000. The minimum Gasteiger partial charge on any atom is -0.491 e. The molecule has 2 aliphatic heterocycles. The van der Waals surface area contributed by atoms with E-state index in [0.717, 1.165) is 13.2 Å². The first kappa shape index (κ1) is 20.4. The van der Waals surface area contributed by atoms with E-state index in [9.17, 15) is 9.59 Å². The molecule has 2 saturated heterocycles. The fraction of sp³-hybridized carbons (Fsp3) is 0.231. The van der Waals surface area contributed by atoms with Crippen molar-refractivity contribution in [2.75, 3.05) is 26.4 Å². The van der Waals surface area contributed by atoms with Gasteiger partial charge in [0.2, 0.25) is 0 Å². The summed E-state index contributed by atoms with van der Waals surface area (Å²) in [4.78, 5) is 25.5. The van der Waals surface area contributed by atoms with Crippen molar-refractivity contribution in [3.05, 3.63) is 95.1 Å². The van der Waals surface area contributed by atoms with E-state index >= 15 is 0 Å². The first-order chi connectivity index (χ1) is 15.7. The SMILES string of the molecule is O=C(c1ccc(OCC2CO2)cc1)c1ccc(C(=O)c2ccc(OCC3CO3)cc2)cc1. The summed E-state index contributed by atoms with van der Waals surface area (Å²) in [5.74, 6) is 1.19. The fourth-order valence-electron chi connectivity index (χ4n) is 3.22. The molecule has 32 heavy (non-hydrogen) atoms. The molecule has 2 atom stereocenters. The summed E-state index contributed by atoms with van der Waals surface area (Å²) in [6.45, 7) is 2.53. The summed E-state index contributed by atoms with van der Waals surface area (Å²) in [7, 11) is 0. The molecule has 6 nitrogen and oxygen atoms in total. The molecule has 3 aromatic rings. The molecular formula is C26H22O6. The minimum absolute atomic E-state index is 0.109. The number of epoxide rings is 2. The lowest BCUT2D eigenvalue weighted by molar-refractivity contribution is 0.102. The van der Waals surface area contributed by atoms with Gasteiger partial charge >= 0.3 is 0 Å². The number of benzene rings is 3. The molecule has 2 aliphatic rings. The molecule has 5 rings (SSSR count). The summed E-state index contributed by atoms with van der Waals surface area (Å²) < 4.78 is 21.4. The lowest BCUT2D eigenvalue weighted by Crippen LogP contribution is -2.06. The van der Waals surface area contributed by atoms with Crippen LogP contribution in [0.25, 0.3) is 0 Å². The van der Waals surface area contributed by atoms with Gasteiger partial charge < -0.3 is 18.9 Å². The number of carbonyl (C=O) groups is 2. The van der Waals surface area contributed by atoms with Crippen molar-refractivity contribution in [2.24, 2.45) is 0 Å². The number of carbonyl (C=O) groups excluding carboxylic acids is 2. The van der Waals surface area contributed by atoms with Gasteiger partial charge in [-0.15, -0.1) is 0 Å². The fourth-order valence-corrected chi connectivity index (χ4v) is 3.22. The van der Waals surface area contributed by atoms with Crippen LogP contribution in [0.1, 0.15) is 31.8 Å². The molecule has 0 amide bonds. The van der Waals surface area contributed by atoms with Crippen LogP contribution in [0.15, 0.2) is 72.8 Å². The molecule has 0 bridgehead atoms. The van der Waals surface area contributed by atoms with E-state index in [1.165, 1.54) is 0 Å². The van der Waals surface area contributed by atoms with Crippen LogP contribution in [0, 0.1) is 0 Å². The van der Waals surface area contributed by atoms with Gasteiger partial charge in [0, 0.05) is 22.3 Å². The molecule has 0 aromatic heterocycles. The molecule has 2 heterocycles. The second-order valence-electron chi connectivity index (χ2n) is 7.82. The van der Waals surface area contributed by atoms with Gasteiger partial charge in [0.05, 0.1) is 13.2 Å². The third kappa shape index (κ3) is 5.04. The molecule has 0 N–H and O–H groups in total. The number of ether oxygens (including phenoxy) is 4. The zero-order valence-corrected chi connectivity index (χ0v) is 17.4. The lowest BCUT2D eigenvalue weighted by atomic mass is 9.98. The van der Waals surface area contributed by atoms with Crippen molar-refractivity contribution in [1.29, 1.82) is 0 Å². The van der Waals surface area contributed by atoms with Gasteiger partial charge in [0.25, 0.3) is 0 Å². The van der Waals surface area contributed by atoms with Crippen LogP contribution in [0.2, 0.25) is 0 Å². The Morgan fingerprint density at radius 1 is 0.594 bits per heavy atom. The molecule has 2 unspecified atom stereocenters. The third-order valence-corrected chi connectivity index (χ3v) is 5.32. The Hall–Kier alpha value is -3.48. The first-order valence-electron chi connectivity index (χ1n) is 10.5. The summed E-state index contributed by atoms with van der Waals surface area (Å²) in [6.07, 6.45) is 0.373. The minimum atomic E-state index is -0.109. The number of rotatable bonds is 10. The van der Waals surface area contributed by atoms with E-state index in [1.807, 2.05) is 0 Å². The maximum absolute atomic E-state index is 12.8. The third-order valence-electron chi connectivity index (χ3n) is 5.32. The van der Waals surface area contributed by atoms with Gasteiger partial charge in [0.15, 0.2) is 11.6 Å². The van der Waals surface area contributed by atoms with Crippen LogP contribution in [-0.2, 0) is 9.47 Å². The monoisotopic (exact) mass is 430 g/mol. The number of hydrogen-bond donors (Lipinski definition) is 0. The van der Waals surface area contributed by atoms with Gasteiger partial charge in [-0.1, -0.05) is 24.3 Å². The first-order valence-corrected chi connectivity index (χ1v) is 10.5.